The summed E-state index contributed by atoms with van der Waals surface area (Å²) in [6, 6.07) is 0.265. The topological polar surface area (TPSA) is 61.4 Å². The van der Waals surface area contributed by atoms with Gasteiger partial charge in [-0.1, -0.05) is 13.8 Å². The van der Waals surface area contributed by atoms with E-state index in [2.05, 4.69) is 17.6 Å². The molecule has 1 saturated carbocycles. The zero-order valence-electron chi connectivity index (χ0n) is 12.3. The molecule has 19 heavy (non-hydrogen) atoms. The van der Waals surface area contributed by atoms with Gasteiger partial charge in [0.15, 0.2) is 0 Å². The number of hydrogen-bond donors (Lipinski definition) is 3. The van der Waals surface area contributed by atoms with E-state index in [1.54, 1.807) is 6.92 Å². The molecule has 3 N–H and O–H groups in total. The van der Waals surface area contributed by atoms with Gasteiger partial charge in [-0.15, -0.1) is 0 Å². The molecule has 4 atom stereocenters. The molecule has 0 aromatic heterocycles. The summed E-state index contributed by atoms with van der Waals surface area (Å²) < 4.78 is 0. The van der Waals surface area contributed by atoms with Crippen LogP contribution in [0, 0.1) is 5.92 Å². The Morgan fingerprint density at radius 1 is 1.42 bits per heavy atom. The third-order valence-corrected chi connectivity index (χ3v) is 4.71. The minimum absolute atomic E-state index is 0.0652. The van der Waals surface area contributed by atoms with E-state index >= 15 is 0 Å². The van der Waals surface area contributed by atoms with Crippen LogP contribution in [0.4, 0.5) is 4.79 Å². The third-order valence-electron chi connectivity index (χ3n) is 3.48. The van der Waals surface area contributed by atoms with Gasteiger partial charge in [-0.25, -0.2) is 4.79 Å². The van der Waals surface area contributed by atoms with E-state index in [-0.39, 0.29) is 12.1 Å². The first-order valence-corrected chi connectivity index (χ1v) is 8.40. The molecule has 0 aromatic rings. The van der Waals surface area contributed by atoms with Crippen LogP contribution in [0.5, 0.6) is 0 Å². The van der Waals surface area contributed by atoms with E-state index in [0.717, 1.165) is 25.0 Å². The molecule has 0 aliphatic heterocycles. The lowest BCUT2D eigenvalue weighted by molar-refractivity contribution is 0.163. The Bertz CT molecular complexity index is 274. The number of rotatable bonds is 7. The lowest BCUT2D eigenvalue weighted by Crippen LogP contribution is -2.42. The van der Waals surface area contributed by atoms with Gasteiger partial charge in [-0.2, -0.15) is 11.8 Å². The van der Waals surface area contributed by atoms with Crippen molar-refractivity contribution in [2.45, 2.75) is 63.9 Å². The maximum atomic E-state index is 11.8. The van der Waals surface area contributed by atoms with Gasteiger partial charge in [0.1, 0.15) is 0 Å². The van der Waals surface area contributed by atoms with Crippen LogP contribution in [0.25, 0.3) is 0 Å². The molecular formula is C14H28N2O2S. The Balaban J connectivity index is 2.14. The molecule has 2 amide bonds. The van der Waals surface area contributed by atoms with Crippen LogP contribution in [0.1, 0.15) is 46.5 Å². The summed E-state index contributed by atoms with van der Waals surface area (Å²) >= 11 is 2.00. The summed E-state index contributed by atoms with van der Waals surface area (Å²) in [6.45, 7) is 6.62. The highest BCUT2D eigenvalue weighted by molar-refractivity contribution is 7.99. The first-order chi connectivity index (χ1) is 9.01. The average Bonchev–Trinajstić information content (AvgIpc) is 2.73. The zero-order chi connectivity index (χ0) is 14.3. The second-order valence-electron chi connectivity index (χ2n) is 5.63. The second kappa shape index (κ2) is 8.69. The monoisotopic (exact) mass is 288 g/mol. The van der Waals surface area contributed by atoms with Crippen LogP contribution >= 0.6 is 11.8 Å². The largest absolute Gasteiger partial charge is 0.393 e. The summed E-state index contributed by atoms with van der Waals surface area (Å²) in [4.78, 5) is 11.8. The van der Waals surface area contributed by atoms with Crippen molar-refractivity contribution in [1.82, 2.24) is 10.6 Å². The quantitative estimate of drug-likeness (QED) is 0.674. The predicted octanol–water partition coefficient (Wildman–Crippen LogP) is 2.37. The Labute approximate surface area is 121 Å². The SMILES string of the molecule is CCSC1CCC(NC(=O)NCC(C)CC(C)O)C1. The fourth-order valence-corrected chi connectivity index (χ4v) is 3.77. The molecule has 4 nitrogen and oxygen atoms in total. The standard InChI is InChI=1S/C14H28N2O2S/c1-4-19-13-6-5-12(8-13)16-14(18)15-9-10(2)7-11(3)17/h10-13,17H,4-9H2,1-3H3,(H2,15,16,18). The molecule has 1 aliphatic carbocycles. The third kappa shape index (κ3) is 7.06. The number of hydrogen-bond acceptors (Lipinski definition) is 3. The van der Waals surface area contributed by atoms with Gasteiger partial charge in [0, 0.05) is 17.8 Å². The van der Waals surface area contributed by atoms with Crippen LogP contribution in [-0.2, 0) is 0 Å². The van der Waals surface area contributed by atoms with Crippen LogP contribution in [0.2, 0.25) is 0 Å². The lowest BCUT2D eigenvalue weighted by Gasteiger charge is -2.17. The maximum Gasteiger partial charge on any atom is 0.315 e. The number of carbonyl (C=O) groups is 1. The normalized spacial score (nSPS) is 25.9. The highest BCUT2D eigenvalue weighted by Crippen LogP contribution is 2.29. The van der Waals surface area contributed by atoms with E-state index in [1.807, 2.05) is 18.7 Å². The molecule has 1 rings (SSSR count). The van der Waals surface area contributed by atoms with Crippen molar-refractivity contribution < 1.29 is 9.90 Å². The Kier molecular flexibility index (Phi) is 7.61. The summed E-state index contributed by atoms with van der Waals surface area (Å²) in [5.41, 5.74) is 0. The van der Waals surface area contributed by atoms with E-state index in [1.165, 1.54) is 6.42 Å². The first-order valence-electron chi connectivity index (χ1n) is 7.35. The number of aliphatic hydroxyl groups is 1. The van der Waals surface area contributed by atoms with Gasteiger partial charge >= 0.3 is 6.03 Å². The van der Waals surface area contributed by atoms with Crippen molar-refractivity contribution in [3.63, 3.8) is 0 Å². The smallest absolute Gasteiger partial charge is 0.315 e. The van der Waals surface area contributed by atoms with Gasteiger partial charge in [0.25, 0.3) is 0 Å². The minimum Gasteiger partial charge on any atom is -0.393 e. The van der Waals surface area contributed by atoms with Crippen molar-refractivity contribution in [1.29, 1.82) is 0 Å². The Morgan fingerprint density at radius 3 is 2.79 bits per heavy atom. The highest BCUT2D eigenvalue weighted by atomic mass is 32.2. The molecule has 5 heteroatoms. The minimum atomic E-state index is -0.304. The molecule has 0 aromatic carbocycles. The molecule has 0 heterocycles. The molecule has 0 bridgehead atoms. The van der Waals surface area contributed by atoms with E-state index < -0.39 is 0 Å². The van der Waals surface area contributed by atoms with E-state index in [0.29, 0.717) is 23.8 Å². The molecule has 0 saturated heterocycles. The van der Waals surface area contributed by atoms with E-state index in [4.69, 9.17) is 0 Å². The number of aliphatic hydroxyl groups excluding tert-OH is 1. The van der Waals surface area contributed by atoms with Gasteiger partial charge in [-0.05, 0) is 44.3 Å². The zero-order valence-corrected chi connectivity index (χ0v) is 13.1. The van der Waals surface area contributed by atoms with Crippen LogP contribution in [0.3, 0.4) is 0 Å². The van der Waals surface area contributed by atoms with Crippen molar-refractivity contribution >= 4 is 17.8 Å². The molecule has 0 radical (unpaired) electrons. The predicted molar refractivity (Wildman–Crippen MR) is 81.6 cm³/mol. The van der Waals surface area contributed by atoms with Gasteiger partial charge in [0.2, 0.25) is 0 Å². The molecule has 4 unspecified atom stereocenters. The average molecular weight is 288 g/mol. The Morgan fingerprint density at radius 2 is 2.16 bits per heavy atom. The Hall–Kier alpha value is -0.420. The molecular weight excluding hydrogens is 260 g/mol. The van der Waals surface area contributed by atoms with Crippen molar-refractivity contribution in [3.8, 4) is 0 Å². The molecule has 0 spiro atoms. The fraction of sp³-hybridized carbons (Fsp3) is 0.929. The number of thioether (sulfide) groups is 1. The number of nitrogens with one attached hydrogen (secondary N) is 2. The van der Waals surface area contributed by atoms with Gasteiger partial charge in [-0.3, -0.25) is 0 Å². The molecule has 112 valence electrons. The number of amides is 2. The lowest BCUT2D eigenvalue weighted by atomic mass is 10.1. The summed E-state index contributed by atoms with van der Waals surface area (Å²) in [5, 5.41) is 15.9. The molecule has 1 aliphatic rings. The van der Waals surface area contributed by atoms with Crippen LogP contribution in [0.15, 0.2) is 0 Å². The first kappa shape index (κ1) is 16.6. The summed E-state index contributed by atoms with van der Waals surface area (Å²) in [6.07, 6.45) is 3.81. The number of urea groups is 1. The molecule has 1 fully saturated rings. The van der Waals surface area contributed by atoms with Crippen molar-refractivity contribution in [2.24, 2.45) is 5.92 Å². The van der Waals surface area contributed by atoms with Gasteiger partial charge in [0.05, 0.1) is 6.10 Å². The fourth-order valence-electron chi connectivity index (χ4n) is 2.63. The van der Waals surface area contributed by atoms with Crippen LogP contribution in [-0.4, -0.2) is 40.8 Å². The maximum absolute atomic E-state index is 11.8. The second-order valence-corrected chi connectivity index (χ2v) is 7.21. The summed E-state index contributed by atoms with van der Waals surface area (Å²) in [7, 11) is 0. The van der Waals surface area contributed by atoms with E-state index in [9.17, 15) is 9.90 Å². The van der Waals surface area contributed by atoms with Crippen LogP contribution < -0.4 is 10.6 Å². The van der Waals surface area contributed by atoms with Crippen molar-refractivity contribution in [3.05, 3.63) is 0 Å². The highest BCUT2D eigenvalue weighted by Gasteiger charge is 2.25. The van der Waals surface area contributed by atoms with Crippen molar-refractivity contribution in [2.75, 3.05) is 12.3 Å². The summed E-state index contributed by atoms with van der Waals surface area (Å²) in [5.74, 6) is 1.46. The number of carbonyl (C=O) groups excluding carboxylic acids is 1. The van der Waals surface area contributed by atoms with Gasteiger partial charge < -0.3 is 15.7 Å².